The van der Waals surface area contributed by atoms with E-state index in [1.54, 1.807) is 36.7 Å². The van der Waals surface area contributed by atoms with Crippen molar-refractivity contribution < 1.29 is 14.4 Å². The zero-order chi connectivity index (χ0) is 25.0. The topological polar surface area (TPSA) is 92.3 Å². The SMILES string of the molecule is C[C@@H](Sc1nc2ccc(N3C(=O)c4c(Br)c(Br)c(Br)c(Br)c4C3=O)cc2s1)C(=O)Nc1nccs1. The molecular formula is C21H10Br4N4O3S3. The number of imide groups is 1. The summed E-state index contributed by atoms with van der Waals surface area (Å²) in [6.07, 6.45) is 1.63. The third-order valence-corrected chi connectivity index (χ3v) is 12.7. The Kier molecular flexibility index (Phi) is 7.25. The summed E-state index contributed by atoms with van der Waals surface area (Å²) in [6.45, 7) is 1.80. The predicted octanol–water partition coefficient (Wildman–Crippen LogP) is 7.72. The highest BCUT2D eigenvalue weighted by Gasteiger charge is 2.42. The molecule has 2 aromatic heterocycles. The summed E-state index contributed by atoms with van der Waals surface area (Å²) in [4.78, 5) is 48.9. The van der Waals surface area contributed by atoms with Crippen molar-refractivity contribution in [1.29, 1.82) is 0 Å². The van der Waals surface area contributed by atoms with Gasteiger partial charge in [-0.1, -0.05) is 11.8 Å². The molecule has 3 amide bonds. The fraction of sp³-hybridized carbons (Fsp3) is 0.0952. The number of anilines is 2. The van der Waals surface area contributed by atoms with E-state index in [4.69, 9.17) is 0 Å². The molecule has 0 bridgehead atoms. The van der Waals surface area contributed by atoms with Crippen LogP contribution in [0, 0.1) is 0 Å². The van der Waals surface area contributed by atoms with Crippen LogP contribution in [-0.2, 0) is 4.79 Å². The molecule has 1 N–H and O–H groups in total. The summed E-state index contributed by atoms with van der Waals surface area (Å²) in [5, 5.41) is 4.74. The first-order valence-electron chi connectivity index (χ1n) is 9.69. The smallest absolute Gasteiger partial charge is 0.267 e. The summed E-state index contributed by atoms with van der Waals surface area (Å²) < 4.78 is 3.80. The van der Waals surface area contributed by atoms with E-state index >= 15 is 0 Å². The Morgan fingerprint density at radius 3 is 2.31 bits per heavy atom. The Morgan fingerprint density at radius 1 is 1.06 bits per heavy atom. The number of rotatable bonds is 5. The standard InChI is InChI=1S/C21H10Br4N4O3S3/c1-7(17(30)28-20-26-4-5-33-20)34-21-27-9-3-2-8(6-10(9)35-21)29-18(31)11-12(19(29)32)14(23)16(25)15(24)13(11)22/h2-7H,1H3,(H,26,28,30)/t7-/m1/s1. The summed E-state index contributed by atoms with van der Waals surface area (Å²) in [7, 11) is 0. The Hall–Kier alpha value is -1.16. The second-order valence-electron chi connectivity index (χ2n) is 7.17. The minimum Gasteiger partial charge on any atom is -0.301 e. The van der Waals surface area contributed by atoms with Crippen LogP contribution in [0.1, 0.15) is 27.6 Å². The lowest BCUT2D eigenvalue weighted by molar-refractivity contribution is -0.115. The van der Waals surface area contributed by atoms with E-state index < -0.39 is 11.8 Å². The van der Waals surface area contributed by atoms with Crippen molar-refractivity contribution >= 4 is 137 Å². The third-order valence-electron chi connectivity index (χ3n) is 5.02. The van der Waals surface area contributed by atoms with Crippen molar-refractivity contribution in [2.24, 2.45) is 0 Å². The predicted molar refractivity (Wildman–Crippen MR) is 154 cm³/mol. The molecule has 5 rings (SSSR count). The molecule has 0 saturated carbocycles. The number of thiazole rings is 2. The summed E-state index contributed by atoms with van der Waals surface area (Å²) in [5.41, 5.74) is 1.75. The van der Waals surface area contributed by atoms with E-state index in [0.29, 0.717) is 33.0 Å². The molecule has 0 radical (unpaired) electrons. The monoisotopic (exact) mass is 778 g/mol. The molecule has 0 saturated heterocycles. The van der Waals surface area contributed by atoms with Crippen LogP contribution in [0.4, 0.5) is 10.8 Å². The number of thioether (sulfide) groups is 1. The maximum Gasteiger partial charge on any atom is 0.267 e. The van der Waals surface area contributed by atoms with Gasteiger partial charge in [0.05, 0.1) is 32.3 Å². The highest BCUT2D eigenvalue weighted by Crippen LogP contribution is 2.46. The first-order valence-corrected chi connectivity index (χ1v) is 15.4. The van der Waals surface area contributed by atoms with Crippen LogP contribution in [0.2, 0.25) is 0 Å². The van der Waals surface area contributed by atoms with E-state index in [2.05, 4.69) is 79.0 Å². The van der Waals surface area contributed by atoms with Gasteiger partial charge in [0.25, 0.3) is 11.8 Å². The molecule has 1 aliphatic heterocycles. The van der Waals surface area contributed by atoms with Crippen LogP contribution in [-0.4, -0.2) is 32.9 Å². The van der Waals surface area contributed by atoms with Gasteiger partial charge in [0, 0.05) is 29.5 Å². The van der Waals surface area contributed by atoms with Crippen molar-refractivity contribution in [3.8, 4) is 0 Å². The number of hydrogen-bond donors (Lipinski definition) is 1. The molecule has 178 valence electrons. The maximum atomic E-state index is 13.3. The van der Waals surface area contributed by atoms with Crippen LogP contribution in [0.25, 0.3) is 10.2 Å². The van der Waals surface area contributed by atoms with Crippen molar-refractivity contribution in [2.45, 2.75) is 16.5 Å². The zero-order valence-corrected chi connectivity index (χ0v) is 26.1. The lowest BCUT2D eigenvalue weighted by Gasteiger charge is -2.13. The van der Waals surface area contributed by atoms with Crippen LogP contribution < -0.4 is 10.2 Å². The van der Waals surface area contributed by atoms with Crippen molar-refractivity contribution in [3.05, 3.63) is 58.8 Å². The zero-order valence-electron chi connectivity index (χ0n) is 17.3. The average molecular weight is 782 g/mol. The molecule has 1 atom stereocenters. The normalized spacial score (nSPS) is 14.0. The minimum atomic E-state index is -0.420. The molecule has 4 aromatic rings. The van der Waals surface area contributed by atoms with Gasteiger partial charge >= 0.3 is 0 Å². The van der Waals surface area contributed by atoms with E-state index in [1.165, 1.54) is 34.4 Å². The Morgan fingerprint density at radius 2 is 1.71 bits per heavy atom. The molecule has 0 fully saturated rings. The summed E-state index contributed by atoms with van der Waals surface area (Å²) in [5.74, 6) is -1.00. The quantitative estimate of drug-likeness (QED) is 0.0966. The van der Waals surface area contributed by atoms with Crippen LogP contribution in [0.3, 0.4) is 0 Å². The van der Waals surface area contributed by atoms with Gasteiger partial charge in [0.1, 0.15) is 0 Å². The van der Waals surface area contributed by atoms with E-state index in [0.717, 1.165) is 15.1 Å². The number of carbonyl (C=O) groups is 3. The second kappa shape index (κ2) is 9.95. The van der Waals surface area contributed by atoms with Crippen LogP contribution in [0.5, 0.6) is 0 Å². The lowest BCUT2D eigenvalue weighted by Crippen LogP contribution is -2.29. The first-order chi connectivity index (χ1) is 16.7. The lowest BCUT2D eigenvalue weighted by atomic mass is 10.1. The number of nitrogens with one attached hydrogen (secondary N) is 1. The van der Waals surface area contributed by atoms with Crippen molar-refractivity contribution in [2.75, 3.05) is 10.2 Å². The molecule has 35 heavy (non-hydrogen) atoms. The fourth-order valence-electron chi connectivity index (χ4n) is 3.36. The number of carbonyl (C=O) groups excluding carboxylic acids is 3. The Balaban J connectivity index is 1.42. The minimum absolute atomic E-state index is 0.163. The molecule has 7 nitrogen and oxygen atoms in total. The van der Waals surface area contributed by atoms with Gasteiger partial charge in [-0.05, 0) is 88.8 Å². The molecule has 14 heteroatoms. The average Bonchev–Trinajstić information content (AvgIpc) is 3.53. The molecule has 0 aliphatic carbocycles. The largest absolute Gasteiger partial charge is 0.301 e. The van der Waals surface area contributed by atoms with Gasteiger partial charge in [-0.15, -0.1) is 22.7 Å². The molecule has 1 aliphatic rings. The van der Waals surface area contributed by atoms with Crippen LogP contribution in [0.15, 0.2) is 52.0 Å². The van der Waals surface area contributed by atoms with Gasteiger partial charge in [0.15, 0.2) is 9.47 Å². The number of halogens is 4. The van der Waals surface area contributed by atoms with Crippen molar-refractivity contribution in [3.63, 3.8) is 0 Å². The fourth-order valence-corrected chi connectivity index (χ4v) is 8.60. The van der Waals surface area contributed by atoms with E-state index in [-0.39, 0.29) is 22.3 Å². The number of nitrogens with zero attached hydrogens (tertiary/aromatic N) is 3. The summed E-state index contributed by atoms with van der Waals surface area (Å²) in [6, 6.07) is 5.23. The third kappa shape index (κ3) is 4.55. The van der Waals surface area contributed by atoms with E-state index in [1.807, 2.05) is 0 Å². The van der Waals surface area contributed by atoms with Gasteiger partial charge < -0.3 is 5.32 Å². The highest BCUT2D eigenvalue weighted by atomic mass is 79.9. The van der Waals surface area contributed by atoms with Gasteiger partial charge in [-0.25, -0.2) is 14.9 Å². The number of hydrogen-bond acceptors (Lipinski definition) is 8. The number of fused-ring (bicyclic) bond motifs is 2. The maximum absolute atomic E-state index is 13.3. The van der Waals surface area contributed by atoms with Gasteiger partial charge in [0.2, 0.25) is 5.91 Å². The summed E-state index contributed by atoms with van der Waals surface area (Å²) >= 11 is 17.8. The van der Waals surface area contributed by atoms with Crippen LogP contribution >= 0.6 is 98.2 Å². The molecule has 3 heterocycles. The molecule has 0 unspecified atom stereocenters. The second-order valence-corrected chi connectivity index (χ2v) is 13.9. The van der Waals surface area contributed by atoms with Gasteiger partial charge in [-0.3, -0.25) is 14.4 Å². The Labute approximate surface area is 244 Å². The molecule has 0 spiro atoms. The molecule has 2 aromatic carbocycles. The Bertz CT molecular complexity index is 1490. The van der Waals surface area contributed by atoms with Crippen molar-refractivity contribution in [1.82, 2.24) is 9.97 Å². The molecular weight excluding hydrogens is 772 g/mol. The highest BCUT2D eigenvalue weighted by molar-refractivity contribution is 9.15. The van der Waals surface area contributed by atoms with E-state index in [9.17, 15) is 14.4 Å². The first kappa shape index (κ1) is 25.5. The number of aromatic nitrogens is 2. The number of benzene rings is 2. The number of amides is 3. The van der Waals surface area contributed by atoms with Gasteiger partial charge in [-0.2, -0.15) is 0 Å².